The van der Waals surface area contributed by atoms with E-state index in [1.165, 1.54) is 29.2 Å². The fourth-order valence-corrected chi connectivity index (χ4v) is 3.12. The highest BCUT2D eigenvalue weighted by atomic mass is 35.5. The molecule has 3 aromatic rings. The predicted molar refractivity (Wildman–Crippen MR) is 148 cm³/mol. The van der Waals surface area contributed by atoms with Crippen molar-refractivity contribution in [1.29, 1.82) is 0 Å². The van der Waals surface area contributed by atoms with Gasteiger partial charge in [-0.05, 0) is 43.2 Å². The number of nitrogens with one attached hydrogen (secondary N) is 3. The minimum atomic E-state index is -0.516. The third-order valence-corrected chi connectivity index (χ3v) is 4.85. The van der Waals surface area contributed by atoms with Gasteiger partial charge in [0.1, 0.15) is 6.34 Å². The van der Waals surface area contributed by atoms with E-state index < -0.39 is 11.5 Å². The Morgan fingerprint density at radius 2 is 1.81 bits per heavy atom. The average molecular weight is 524 g/mol. The third kappa shape index (κ3) is 11.6. The van der Waals surface area contributed by atoms with E-state index in [0.29, 0.717) is 23.7 Å². The first-order chi connectivity index (χ1) is 17.8. The lowest BCUT2D eigenvalue weighted by atomic mass is 10.1. The first kappa shape index (κ1) is 30.4. The van der Waals surface area contributed by atoms with Crippen LogP contribution in [0.5, 0.6) is 0 Å². The normalized spacial score (nSPS) is 9.76. The van der Waals surface area contributed by atoms with Crippen molar-refractivity contribution < 1.29 is 9.59 Å². The molecule has 11 heteroatoms. The van der Waals surface area contributed by atoms with E-state index in [-0.39, 0.29) is 18.0 Å². The van der Waals surface area contributed by atoms with Gasteiger partial charge in [-0.1, -0.05) is 47.5 Å². The highest BCUT2D eigenvalue weighted by Crippen LogP contribution is 2.22. The summed E-state index contributed by atoms with van der Waals surface area (Å²) in [4.78, 5) is 37.5. The van der Waals surface area contributed by atoms with Gasteiger partial charge in [0.25, 0.3) is 5.91 Å². The lowest BCUT2D eigenvalue weighted by Crippen LogP contribution is -2.38. The van der Waals surface area contributed by atoms with E-state index in [0.717, 1.165) is 11.6 Å². The molecule has 0 saturated heterocycles. The van der Waals surface area contributed by atoms with Gasteiger partial charge in [-0.2, -0.15) is 5.10 Å². The second kappa shape index (κ2) is 16.9. The molecule has 194 valence electrons. The van der Waals surface area contributed by atoms with E-state index in [9.17, 15) is 14.4 Å². The molecule has 0 aliphatic heterocycles. The second-order valence-electron chi connectivity index (χ2n) is 7.32. The number of hydrogen-bond acceptors (Lipinski definition) is 6. The van der Waals surface area contributed by atoms with Gasteiger partial charge >= 0.3 is 0 Å². The summed E-state index contributed by atoms with van der Waals surface area (Å²) >= 11 is 6.02. The number of nitrogens with zero attached hydrogens (tertiary/aromatic N) is 2. The summed E-state index contributed by atoms with van der Waals surface area (Å²) < 4.78 is 0. The summed E-state index contributed by atoms with van der Waals surface area (Å²) in [6.45, 7) is 2.15. The number of anilines is 1. The number of pyridine rings is 1. The number of carbonyl (C=O) groups is 2. The van der Waals surface area contributed by atoms with Crippen LogP contribution in [0.1, 0.15) is 21.5 Å². The van der Waals surface area contributed by atoms with Crippen LogP contribution in [-0.4, -0.2) is 36.2 Å². The van der Waals surface area contributed by atoms with Gasteiger partial charge in [0.15, 0.2) is 0 Å². The Hall–Kier alpha value is -4.59. The lowest BCUT2D eigenvalue weighted by molar-refractivity contribution is -0.120. The van der Waals surface area contributed by atoms with Gasteiger partial charge in [-0.25, -0.2) is 5.84 Å². The number of halogens is 1. The molecule has 2 aromatic carbocycles. The zero-order valence-corrected chi connectivity index (χ0v) is 21.1. The highest BCUT2D eigenvalue weighted by molar-refractivity contribution is 6.30. The van der Waals surface area contributed by atoms with E-state index in [1.54, 1.807) is 18.2 Å². The van der Waals surface area contributed by atoms with Gasteiger partial charge in [0.05, 0.1) is 12.2 Å². The Morgan fingerprint density at radius 3 is 2.41 bits per heavy atom. The molecule has 0 saturated carbocycles. The molecule has 0 fully saturated rings. The predicted octanol–water partition coefficient (Wildman–Crippen LogP) is 1.94. The molecule has 1 heterocycles. The monoisotopic (exact) mass is 523 g/mol. The summed E-state index contributed by atoms with van der Waals surface area (Å²) in [5, 5.41) is 10.3. The van der Waals surface area contributed by atoms with Crippen LogP contribution < -0.4 is 32.9 Å². The smallest absolute Gasteiger partial charge is 0.251 e. The summed E-state index contributed by atoms with van der Waals surface area (Å²) in [7, 11) is 0. The Morgan fingerprint density at radius 1 is 1.11 bits per heavy atom. The molecule has 10 nitrogen and oxygen atoms in total. The Kier molecular flexibility index (Phi) is 13.9. The molecule has 0 atom stereocenters. The summed E-state index contributed by atoms with van der Waals surface area (Å²) in [6.07, 6.45) is 11.0. The van der Waals surface area contributed by atoms with Crippen LogP contribution in [0.3, 0.4) is 0 Å². The Labute approximate surface area is 220 Å². The maximum atomic E-state index is 11.9. The van der Waals surface area contributed by atoms with Crippen molar-refractivity contribution >= 4 is 35.4 Å². The first-order valence-corrected chi connectivity index (χ1v) is 11.3. The molecule has 0 aliphatic rings. The van der Waals surface area contributed by atoms with Crippen LogP contribution in [0.15, 0.2) is 76.8 Å². The molecule has 0 bridgehead atoms. The minimum Gasteiger partial charge on any atom is -0.354 e. The molecule has 37 heavy (non-hydrogen) atoms. The zero-order chi connectivity index (χ0) is 27.6. The number of hydrazine groups is 1. The third-order valence-electron chi connectivity index (χ3n) is 4.61. The summed E-state index contributed by atoms with van der Waals surface area (Å²) in [5.41, 5.74) is 2.51. The standard InChI is InChI=1S/C17H20ClN7O3.C7H8.C2H2/c18-13-1-2-14(25(20)10-24-19)11(7-13)3-5-22-16(27)9-23-17(28)12-4-6-21-15(26)8-12;1-7-5-3-2-4-6-7;1-2/h1-2,4,6-8,10H,3,5,9,19-20H2,(H,21,26)(H,22,27)(H,23,28);2-6H,1H3;1-2H/b24-10-;;. The molecule has 1 aromatic heterocycles. The molecule has 0 aliphatic carbocycles. The number of carbonyl (C=O) groups excluding carboxylic acids is 2. The Balaban J connectivity index is 0.000000645. The maximum absolute atomic E-state index is 11.9. The molecule has 7 N–H and O–H groups in total. The summed E-state index contributed by atoms with van der Waals surface area (Å²) in [6, 6.07) is 18.0. The number of hydrogen-bond donors (Lipinski definition) is 5. The number of nitrogens with two attached hydrogens (primary N) is 2. The van der Waals surface area contributed by atoms with Crippen LogP contribution >= 0.6 is 11.6 Å². The van der Waals surface area contributed by atoms with Crippen LogP contribution in [-0.2, 0) is 11.2 Å². The first-order valence-electron chi connectivity index (χ1n) is 10.9. The largest absolute Gasteiger partial charge is 0.354 e. The summed E-state index contributed by atoms with van der Waals surface area (Å²) in [5.74, 6) is 10.0. The van der Waals surface area contributed by atoms with Crippen molar-refractivity contribution in [2.24, 2.45) is 16.8 Å². The van der Waals surface area contributed by atoms with E-state index in [4.69, 9.17) is 23.3 Å². The van der Waals surface area contributed by atoms with Gasteiger partial charge in [0, 0.05) is 29.4 Å². The number of aromatic nitrogens is 1. The van der Waals surface area contributed by atoms with Crippen molar-refractivity contribution in [3.63, 3.8) is 0 Å². The van der Waals surface area contributed by atoms with Crippen molar-refractivity contribution in [2.75, 3.05) is 18.1 Å². The van der Waals surface area contributed by atoms with Gasteiger partial charge in [-0.15, -0.1) is 12.8 Å². The number of hydrazone groups is 1. The lowest BCUT2D eigenvalue weighted by Gasteiger charge is -2.17. The number of H-pyrrole nitrogens is 1. The van der Waals surface area contributed by atoms with Crippen molar-refractivity contribution in [1.82, 2.24) is 15.6 Å². The average Bonchev–Trinajstić information content (AvgIpc) is 2.89. The quantitative estimate of drug-likeness (QED) is 0.0997. The molecule has 0 unspecified atom stereocenters. The van der Waals surface area contributed by atoms with Crippen LogP contribution in [0.25, 0.3) is 0 Å². The molecule has 0 spiro atoms. The van der Waals surface area contributed by atoms with Gasteiger partial charge < -0.3 is 21.5 Å². The number of rotatable bonds is 8. The van der Waals surface area contributed by atoms with Crippen molar-refractivity contribution in [3.05, 3.63) is 98.9 Å². The highest BCUT2D eigenvalue weighted by Gasteiger charge is 2.10. The van der Waals surface area contributed by atoms with E-state index in [2.05, 4.69) is 52.6 Å². The van der Waals surface area contributed by atoms with E-state index >= 15 is 0 Å². The minimum absolute atomic E-state index is 0.171. The number of amides is 2. The molecule has 0 radical (unpaired) electrons. The zero-order valence-electron chi connectivity index (χ0n) is 20.4. The second-order valence-corrected chi connectivity index (χ2v) is 7.76. The van der Waals surface area contributed by atoms with E-state index in [1.807, 2.05) is 18.2 Å². The fraction of sp³-hybridized carbons (Fsp3) is 0.154. The fourth-order valence-electron chi connectivity index (χ4n) is 2.92. The molecule has 3 rings (SSSR count). The number of terminal acetylenes is 1. The van der Waals surface area contributed by atoms with Crippen LogP contribution in [0.4, 0.5) is 5.69 Å². The van der Waals surface area contributed by atoms with Crippen LogP contribution in [0, 0.1) is 19.8 Å². The molecular formula is C26H30ClN7O3. The number of aryl methyl sites for hydroxylation is 1. The Bertz CT molecular complexity index is 1240. The van der Waals surface area contributed by atoms with Crippen LogP contribution in [0.2, 0.25) is 5.02 Å². The maximum Gasteiger partial charge on any atom is 0.251 e. The SMILES string of the molecule is C#C.Cc1ccccc1.N/N=C\N(N)c1ccc(Cl)cc1CCNC(=O)CNC(=O)c1cc[nH]c(=O)c1. The van der Waals surface area contributed by atoms with Gasteiger partial charge in [-0.3, -0.25) is 19.4 Å². The van der Waals surface area contributed by atoms with Crippen molar-refractivity contribution in [3.8, 4) is 12.8 Å². The topological polar surface area (TPSA) is 159 Å². The number of aromatic amines is 1. The molecular weight excluding hydrogens is 494 g/mol. The van der Waals surface area contributed by atoms with Crippen molar-refractivity contribution in [2.45, 2.75) is 13.3 Å². The van der Waals surface area contributed by atoms with Gasteiger partial charge in [0.2, 0.25) is 11.5 Å². The molecule has 2 amide bonds. The number of benzene rings is 2.